The van der Waals surface area contributed by atoms with Gasteiger partial charge in [0.25, 0.3) is 0 Å². The summed E-state index contributed by atoms with van der Waals surface area (Å²) in [6, 6.07) is 4.11. The van der Waals surface area contributed by atoms with Gasteiger partial charge in [0.2, 0.25) is 0 Å². The first kappa shape index (κ1) is 30.2. The van der Waals surface area contributed by atoms with Crippen LogP contribution in [-0.4, -0.2) is 23.5 Å². The van der Waals surface area contributed by atoms with Gasteiger partial charge in [-0.2, -0.15) is 26.3 Å². The van der Waals surface area contributed by atoms with Crippen LogP contribution in [0.4, 0.5) is 26.3 Å². The molecule has 38 heavy (non-hydrogen) atoms. The fourth-order valence-corrected chi connectivity index (χ4v) is 7.49. The molecule has 0 saturated heterocycles. The number of alkyl halides is 6. The van der Waals surface area contributed by atoms with Crippen molar-refractivity contribution in [2.24, 2.45) is 0 Å². The monoisotopic (exact) mass is 584 g/mol. The van der Waals surface area contributed by atoms with Crippen molar-refractivity contribution in [2.75, 3.05) is 7.11 Å². The molecular weight excluding hydrogens is 546 g/mol. The molecule has 3 fully saturated rings. The lowest BCUT2D eigenvalue weighted by Gasteiger charge is -2.33. The fourth-order valence-electron chi connectivity index (χ4n) is 6.37. The van der Waals surface area contributed by atoms with Gasteiger partial charge in [0.15, 0.2) is 0 Å². The summed E-state index contributed by atoms with van der Waals surface area (Å²) in [6.45, 7) is 0. The highest BCUT2D eigenvalue weighted by Crippen LogP contribution is 2.57. The molecule has 1 aromatic carbocycles. The van der Waals surface area contributed by atoms with Gasteiger partial charge in [0.05, 0.1) is 19.2 Å². The molecule has 4 rings (SSSR count). The van der Waals surface area contributed by atoms with Crippen molar-refractivity contribution in [3.05, 3.63) is 28.8 Å². The average Bonchev–Trinajstić information content (AvgIpc) is 2.92. The molecule has 3 aliphatic rings. The summed E-state index contributed by atoms with van der Waals surface area (Å²) in [7, 11) is 0.733. The number of hydrogen-bond acceptors (Lipinski definition) is 4. The first-order valence-corrected chi connectivity index (χ1v) is 15.4. The zero-order valence-corrected chi connectivity index (χ0v) is 23.5. The third kappa shape index (κ3) is 6.59. The molecule has 1 aromatic rings. The predicted molar refractivity (Wildman–Crippen MR) is 142 cm³/mol. The van der Waals surface area contributed by atoms with Gasteiger partial charge in [-0.3, -0.25) is 0 Å². The van der Waals surface area contributed by atoms with Gasteiger partial charge >= 0.3 is 16.4 Å². The molecule has 0 radical (unpaired) electrons. The Morgan fingerprint density at radius 1 is 0.605 bits per heavy atom. The number of hydrogen-bond donors (Lipinski definition) is 0. The van der Waals surface area contributed by atoms with Crippen molar-refractivity contribution in [3.63, 3.8) is 0 Å². The maximum atomic E-state index is 14.8. The minimum absolute atomic E-state index is 0.0739. The molecule has 0 amide bonds. The van der Waals surface area contributed by atoms with Gasteiger partial charge in [-0.05, 0) is 73.0 Å². The van der Waals surface area contributed by atoms with E-state index in [1.54, 1.807) is 0 Å². The Morgan fingerprint density at radius 3 is 1.42 bits per heavy atom. The smallest absolute Gasteiger partial charge is 0.398 e. The Balaban J connectivity index is 1.73. The van der Waals surface area contributed by atoms with Crippen molar-refractivity contribution < 1.29 is 34.7 Å². The standard InChI is InChI=1S/C28H38F6O2S2/c1-35-37-27(31,32)26(29,30)28(33,34)38-36-25-23(20-13-7-3-8-14-20)17-22(19-11-5-2-6-12-19)18-24(25)21-15-9-4-10-16-21/h17-21H,2-16H2,1H3. The summed E-state index contributed by atoms with van der Waals surface area (Å²) in [6.07, 6.45) is 15.3. The Kier molecular flexibility index (Phi) is 10.2. The van der Waals surface area contributed by atoms with E-state index < -0.39 is 40.5 Å². The Morgan fingerprint density at radius 2 is 1.00 bits per heavy atom. The molecule has 0 spiro atoms. The molecule has 0 heterocycles. The van der Waals surface area contributed by atoms with E-state index in [4.69, 9.17) is 4.18 Å². The molecule has 2 nitrogen and oxygen atoms in total. The minimum Gasteiger partial charge on any atom is -0.419 e. The maximum Gasteiger partial charge on any atom is 0.398 e. The Labute approximate surface area is 230 Å². The van der Waals surface area contributed by atoms with Gasteiger partial charge in [-0.25, -0.2) is 0 Å². The fraction of sp³-hybridized carbons (Fsp3) is 0.786. The topological polar surface area (TPSA) is 18.5 Å². The Hall–Kier alpha value is -0.740. The van der Waals surface area contributed by atoms with E-state index in [9.17, 15) is 26.3 Å². The Bertz CT molecular complexity index is 872. The molecule has 0 aromatic heterocycles. The largest absolute Gasteiger partial charge is 0.419 e. The van der Waals surface area contributed by atoms with E-state index in [-0.39, 0.29) is 17.6 Å². The SMILES string of the molecule is COSC(F)(F)C(F)(F)C(F)(F)SOc1c(C2CCCCC2)cc(C2CCCCC2)cc1C1CCCCC1. The second-order valence-electron chi connectivity index (χ2n) is 11.1. The third-order valence-electron chi connectivity index (χ3n) is 8.48. The lowest BCUT2D eigenvalue weighted by atomic mass is 9.75. The van der Waals surface area contributed by atoms with Crippen LogP contribution in [0.15, 0.2) is 12.1 Å². The molecule has 0 bridgehead atoms. The van der Waals surface area contributed by atoms with Crippen molar-refractivity contribution in [1.82, 2.24) is 0 Å². The van der Waals surface area contributed by atoms with Crippen LogP contribution in [0.25, 0.3) is 0 Å². The van der Waals surface area contributed by atoms with Gasteiger partial charge in [-0.15, -0.1) is 0 Å². The summed E-state index contributed by atoms with van der Waals surface area (Å²) >= 11 is -1.82. The second-order valence-corrected chi connectivity index (χ2v) is 12.9. The zero-order chi connectivity index (χ0) is 27.4. The van der Waals surface area contributed by atoms with Crippen molar-refractivity contribution in [2.45, 2.75) is 130 Å². The van der Waals surface area contributed by atoms with Crippen LogP contribution < -0.4 is 4.18 Å². The molecular formula is C28H38F6O2S2. The van der Waals surface area contributed by atoms with E-state index in [2.05, 4.69) is 16.3 Å². The molecule has 0 N–H and O–H groups in total. The summed E-state index contributed by atoms with van der Waals surface area (Å²) in [5, 5.41) is -10.3. The average molecular weight is 585 g/mol. The first-order chi connectivity index (χ1) is 18.1. The zero-order valence-electron chi connectivity index (χ0n) is 21.9. The summed E-state index contributed by atoms with van der Waals surface area (Å²) in [5.41, 5.74) is 2.76. The third-order valence-corrected chi connectivity index (χ3v) is 9.83. The summed E-state index contributed by atoms with van der Waals surface area (Å²) < 4.78 is 95.8. The highest BCUT2D eigenvalue weighted by Gasteiger charge is 2.74. The molecule has 10 heteroatoms. The quantitative estimate of drug-likeness (QED) is 0.201. The first-order valence-electron chi connectivity index (χ1n) is 14.0. The van der Waals surface area contributed by atoms with Gasteiger partial charge in [0, 0.05) is 0 Å². The van der Waals surface area contributed by atoms with Crippen LogP contribution in [0.1, 0.15) is 131 Å². The van der Waals surface area contributed by atoms with Gasteiger partial charge < -0.3 is 8.37 Å². The van der Waals surface area contributed by atoms with E-state index >= 15 is 0 Å². The molecule has 0 aliphatic heterocycles. The van der Waals surface area contributed by atoms with Crippen LogP contribution in [0, 0.1) is 0 Å². The number of halogens is 6. The van der Waals surface area contributed by atoms with Gasteiger partial charge in [0.1, 0.15) is 17.8 Å². The van der Waals surface area contributed by atoms with E-state index in [1.807, 2.05) is 0 Å². The molecule has 3 aliphatic carbocycles. The molecule has 3 saturated carbocycles. The van der Waals surface area contributed by atoms with Crippen molar-refractivity contribution in [3.8, 4) is 5.75 Å². The molecule has 0 unspecified atom stereocenters. The van der Waals surface area contributed by atoms with Crippen molar-refractivity contribution in [1.29, 1.82) is 0 Å². The molecule has 216 valence electrons. The van der Waals surface area contributed by atoms with Crippen molar-refractivity contribution >= 4 is 24.1 Å². The van der Waals surface area contributed by atoms with Crippen LogP contribution in [-0.2, 0) is 4.18 Å². The van der Waals surface area contributed by atoms with Gasteiger partial charge in [-0.1, -0.05) is 69.9 Å². The second kappa shape index (κ2) is 12.8. The maximum absolute atomic E-state index is 14.8. The van der Waals surface area contributed by atoms with E-state index in [0.29, 0.717) is 5.92 Å². The highest BCUT2D eigenvalue weighted by atomic mass is 32.2. The van der Waals surface area contributed by atoms with Crippen LogP contribution in [0.3, 0.4) is 0 Å². The number of benzene rings is 1. The summed E-state index contributed by atoms with van der Waals surface area (Å²) in [5.74, 6) is -4.96. The van der Waals surface area contributed by atoms with E-state index in [0.717, 1.165) is 108 Å². The van der Waals surface area contributed by atoms with Crippen LogP contribution in [0.2, 0.25) is 0 Å². The van der Waals surface area contributed by atoms with Crippen LogP contribution >= 0.6 is 24.1 Å². The minimum atomic E-state index is -5.69. The number of rotatable bonds is 10. The van der Waals surface area contributed by atoms with Crippen LogP contribution in [0.5, 0.6) is 5.75 Å². The lowest BCUT2D eigenvalue weighted by Crippen LogP contribution is -2.51. The highest BCUT2D eigenvalue weighted by molar-refractivity contribution is 7.97. The lowest BCUT2D eigenvalue weighted by molar-refractivity contribution is -0.239. The van der Waals surface area contributed by atoms with E-state index in [1.165, 1.54) is 12.0 Å². The summed E-state index contributed by atoms with van der Waals surface area (Å²) in [4.78, 5) is 0. The predicted octanol–water partition coefficient (Wildman–Crippen LogP) is 11.0. The molecule has 0 atom stereocenters. The normalized spacial score (nSPS) is 21.6.